The lowest BCUT2D eigenvalue weighted by Gasteiger charge is -2.34. The molecule has 1 fully saturated rings. The van der Waals surface area contributed by atoms with Crippen LogP contribution in [0.3, 0.4) is 0 Å². The van der Waals surface area contributed by atoms with Crippen LogP contribution >= 0.6 is 11.8 Å². The first kappa shape index (κ1) is 11.0. The van der Waals surface area contributed by atoms with Crippen LogP contribution in [0.5, 0.6) is 0 Å². The maximum Gasteiger partial charge on any atom is 0.120 e. The molecule has 2 heteroatoms. The van der Waals surface area contributed by atoms with E-state index >= 15 is 0 Å². The molecule has 15 heavy (non-hydrogen) atoms. The molecule has 1 aliphatic carbocycles. The van der Waals surface area contributed by atoms with Gasteiger partial charge in [0, 0.05) is 10.1 Å². The molecule has 0 radical (unpaired) electrons. The molecule has 0 aromatic heterocycles. The van der Waals surface area contributed by atoms with Crippen molar-refractivity contribution in [3.63, 3.8) is 0 Å². The van der Waals surface area contributed by atoms with Crippen molar-refractivity contribution in [2.24, 2.45) is 0 Å². The molecular weight excluding hydrogens is 207 g/mol. The van der Waals surface area contributed by atoms with Crippen LogP contribution < -0.4 is 0 Å². The van der Waals surface area contributed by atoms with Crippen molar-refractivity contribution in [2.75, 3.05) is 0 Å². The predicted octanol–water partition coefficient (Wildman–Crippen LogP) is 4.45. The second-order valence-corrected chi connectivity index (χ2v) is 5.72. The maximum atomic E-state index is 14.2. The van der Waals surface area contributed by atoms with Crippen molar-refractivity contribution in [3.8, 4) is 0 Å². The number of thioether (sulfide) groups is 1. The van der Waals surface area contributed by atoms with E-state index in [2.05, 4.69) is 12.1 Å². The molecule has 1 aromatic carbocycles. The summed E-state index contributed by atoms with van der Waals surface area (Å²) in [5.41, 5.74) is -0.987. The molecule has 0 saturated heterocycles. The van der Waals surface area contributed by atoms with Gasteiger partial charge in [-0.25, -0.2) is 4.39 Å². The van der Waals surface area contributed by atoms with E-state index in [1.54, 1.807) is 18.7 Å². The Labute approximate surface area is 95.3 Å². The highest BCUT2D eigenvalue weighted by atomic mass is 32.2. The normalized spacial score (nSPS) is 31.5. The summed E-state index contributed by atoms with van der Waals surface area (Å²) in [6, 6.07) is 10.2. The van der Waals surface area contributed by atoms with Crippen LogP contribution in [-0.4, -0.2) is 10.9 Å². The second kappa shape index (κ2) is 4.56. The third-order valence-electron chi connectivity index (χ3n) is 3.07. The monoisotopic (exact) mass is 224 g/mol. The SMILES string of the molecule is C[C@@]1(F)CCCC[C@H]1Sc1ccccc1. The van der Waals surface area contributed by atoms with Gasteiger partial charge in [-0.2, -0.15) is 0 Å². The average molecular weight is 224 g/mol. The van der Waals surface area contributed by atoms with Gasteiger partial charge >= 0.3 is 0 Å². The molecule has 0 aliphatic heterocycles. The van der Waals surface area contributed by atoms with Crippen LogP contribution in [0.15, 0.2) is 35.2 Å². The third-order valence-corrected chi connectivity index (χ3v) is 4.63. The maximum absolute atomic E-state index is 14.2. The summed E-state index contributed by atoms with van der Waals surface area (Å²) >= 11 is 1.70. The van der Waals surface area contributed by atoms with Crippen LogP contribution in [0.1, 0.15) is 32.6 Å². The van der Waals surface area contributed by atoms with E-state index in [0.29, 0.717) is 0 Å². The number of alkyl halides is 1. The van der Waals surface area contributed by atoms with Gasteiger partial charge in [-0.1, -0.05) is 31.0 Å². The van der Waals surface area contributed by atoms with E-state index in [4.69, 9.17) is 0 Å². The van der Waals surface area contributed by atoms with Crippen LogP contribution in [0.4, 0.5) is 4.39 Å². The van der Waals surface area contributed by atoms with Crippen molar-refractivity contribution < 1.29 is 4.39 Å². The number of halogens is 1. The van der Waals surface area contributed by atoms with E-state index in [1.807, 2.05) is 18.2 Å². The lowest BCUT2D eigenvalue weighted by atomic mass is 9.87. The summed E-state index contributed by atoms with van der Waals surface area (Å²) in [5, 5.41) is 0.133. The first-order chi connectivity index (χ1) is 7.18. The predicted molar refractivity (Wildman–Crippen MR) is 64.1 cm³/mol. The number of hydrogen-bond acceptors (Lipinski definition) is 1. The molecule has 2 rings (SSSR count). The van der Waals surface area contributed by atoms with E-state index in [0.717, 1.165) is 19.3 Å². The molecular formula is C13H17FS. The first-order valence-electron chi connectivity index (χ1n) is 5.59. The first-order valence-corrected chi connectivity index (χ1v) is 6.47. The third kappa shape index (κ3) is 2.75. The summed E-state index contributed by atoms with van der Waals surface area (Å²) in [6.45, 7) is 1.76. The molecule has 0 amide bonds. The molecule has 2 atom stereocenters. The standard InChI is InChI=1S/C13H17FS/c1-13(14)10-6-5-9-12(13)15-11-7-3-2-4-8-11/h2-4,7-8,12H,5-6,9-10H2,1H3/t12-,13-/m1/s1. The summed E-state index contributed by atoms with van der Waals surface area (Å²) in [4.78, 5) is 1.19. The molecule has 0 unspecified atom stereocenters. The molecule has 0 heterocycles. The smallest absolute Gasteiger partial charge is 0.120 e. The number of hydrogen-bond donors (Lipinski definition) is 0. The van der Waals surface area contributed by atoms with E-state index in [9.17, 15) is 4.39 Å². The van der Waals surface area contributed by atoms with Gasteiger partial charge in [0.15, 0.2) is 0 Å². The van der Waals surface area contributed by atoms with Crippen molar-refractivity contribution in [2.45, 2.75) is 48.4 Å². The van der Waals surface area contributed by atoms with Crippen molar-refractivity contribution in [1.29, 1.82) is 0 Å². The van der Waals surface area contributed by atoms with Crippen LogP contribution in [0, 0.1) is 0 Å². The van der Waals surface area contributed by atoms with Crippen LogP contribution in [-0.2, 0) is 0 Å². The lowest BCUT2D eigenvalue weighted by molar-refractivity contribution is 0.138. The minimum atomic E-state index is -0.987. The molecule has 1 saturated carbocycles. The van der Waals surface area contributed by atoms with Gasteiger partial charge in [-0.3, -0.25) is 0 Å². The Bertz CT molecular complexity index is 308. The topological polar surface area (TPSA) is 0 Å². The molecule has 82 valence electrons. The second-order valence-electron chi connectivity index (χ2n) is 4.44. The zero-order valence-electron chi connectivity index (χ0n) is 9.08. The largest absolute Gasteiger partial charge is 0.243 e. The van der Waals surface area contributed by atoms with E-state index in [1.165, 1.54) is 11.3 Å². The summed E-state index contributed by atoms with van der Waals surface area (Å²) in [6.07, 6.45) is 3.94. The quantitative estimate of drug-likeness (QED) is 0.715. The van der Waals surface area contributed by atoms with Gasteiger partial charge in [-0.05, 0) is 31.9 Å². The minimum Gasteiger partial charge on any atom is -0.243 e. The van der Waals surface area contributed by atoms with Crippen LogP contribution in [0.25, 0.3) is 0 Å². The Morgan fingerprint density at radius 2 is 2.00 bits per heavy atom. The summed E-state index contributed by atoms with van der Waals surface area (Å²) in [5.74, 6) is 0. The highest BCUT2D eigenvalue weighted by Crippen LogP contribution is 2.41. The molecule has 0 N–H and O–H groups in total. The highest BCUT2D eigenvalue weighted by molar-refractivity contribution is 8.00. The average Bonchev–Trinajstić information content (AvgIpc) is 2.23. The molecule has 0 spiro atoms. The Morgan fingerprint density at radius 1 is 1.27 bits per heavy atom. The Balaban J connectivity index is 2.05. The van der Waals surface area contributed by atoms with Gasteiger partial charge in [0.05, 0.1) is 0 Å². The highest BCUT2D eigenvalue weighted by Gasteiger charge is 2.37. The van der Waals surface area contributed by atoms with Gasteiger partial charge in [0.25, 0.3) is 0 Å². The number of rotatable bonds is 2. The fraction of sp³-hybridized carbons (Fsp3) is 0.538. The Kier molecular flexibility index (Phi) is 3.35. The Morgan fingerprint density at radius 3 is 2.67 bits per heavy atom. The fourth-order valence-electron chi connectivity index (χ4n) is 2.11. The van der Waals surface area contributed by atoms with Gasteiger partial charge < -0.3 is 0 Å². The van der Waals surface area contributed by atoms with Crippen molar-refractivity contribution in [3.05, 3.63) is 30.3 Å². The van der Waals surface area contributed by atoms with Gasteiger partial charge in [0.1, 0.15) is 5.67 Å². The zero-order chi connectivity index (χ0) is 10.7. The lowest BCUT2D eigenvalue weighted by Crippen LogP contribution is -2.35. The zero-order valence-corrected chi connectivity index (χ0v) is 9.90. The van der Waals surface area contributed by atoms with Crippen molar-refractivity contribution >= 4 is 11.8 Å². The summed E-state index contributed by atoms with van der Waals surface area (Å²) < 4.78 is 14.2. The number of benzene rings is 1. The van der Waals surface area contributed by atoms with Gasteiger partial charge in [0.2, 0.25) is 0 Å². The van der Waals surface area contributed by atoms with Gasteiger partial charge in [-0.15, -0.1) is 11.8 Å². The molecule has 1 aliphatic rings. The van der Waals surface area contributed by atoms with Crippen molar-refractivity contribution in [1.82, 2.24) is 0 Å². The Hall–Kier alpha value is -0.500. The summed E-state index contributed by atoms with van der Waals surface area (Å²) in [7, 11) is 0. The minimum absolute atomic E-state index is 0.133. The molecule has 0 bridgehead atoms. The molecule has 0 nitrogen and oxygen atoms in total. The van der Waals surface area contributed by atoms with E-state index < -0.39 is 5.67 Å². The van der Waals surface area contributed by atoms with Crippen LogP contribution in [0.2, 0.25) is 0 Å². The molecule has 1 aromatic rings. The fourth-order valence-corrected chi connectivity index (χ4v) is 3.40. The van der Waals surface area contributed by atoms with E-state index in [-0.39, 0.29) is 5.25 Å².